The number of H-pyrrole nitrogens is 1. The number of aromatic nitrogens is 2. The summed E-state index contributed by atoms with van der Waals surface area (Å²) in [5, 5.41) is 8.70. The van der Waals surface area contributed by atoms with E-state index in [0.717, 1.165) is 0 Å². The summed E-state index contributed by atoms with van der Waals surface area (Å²) in [6.07, 6.45) is 1.19. The van der Waals surface area contributed by atoms with Gasteiger partial charge in [-0.15, -0.1) is 0 Å². The Labute approximate surface area is 98.3 Å². The van der Waals surface area contributed by atoms with Crippen molar-refractivity contribution >= 4 is 21.9 Å². The van der Waals surface area contributed by atoms with Crippen LogP contribution in [0.4, 0.5) is 4.39 Å². The molecule has 0 aliphatic rings. The molecular formula is C10H6BrFN2O2. The molecule has 1 heterocycles. The van der Waals surface area contributed by atoms with Gasteiger partial charge in [-0.1, -0.05) is 15.9 Å². The first-order valence-electron chi connectivity index (χ1n) is 4.31. The maximum atomic E-state index is 13.1. The largest absolute Gasteiger partial charge is 0.477 e. The highest BCUT2D eigenvalue weighted by molar-refractivity contribution is 9.10. The Morgan fingerprint density at radius 1 is 1.44 bits per heavy atom. The average molecular weight is 285 g/mol. The zero-order chi connectivity index (χ0) is 11.7. The molecule has 6 heteroatoms. The van der Waals surface area contributed by atoms with Gasteiger partial charge in [0.15, 0.2) is 0 Å². The van der Waals surface area contributed by atoms with E-state index in [1.165, 1.54) is 18.3 Å². The highest BCUT2D eigenvalue weighted by Gasteiger charge is 2.09. The first kappa shape index (κ1) is 10.8. The standard InChI is InChI=1S/C10H6BrFN2O2/c11-6-1-5(2-7(12)3-6)9-13-4-8(14-9)10(15)16/h1-4H,(H,13,14)(H,15,16). The first-order chi connectivity index (χ1) is 7.56. The van der Waals surface area contributed by atoms with Crippen LogP contribution in [-0.2, 0) is 0 Å². The maximum Gasteiger partial charge on any atom is 0.353 e. The van der Waals surface area contributed by atoms with Crippen molar-refractivity contribution in [2.75, 3.05) is 0 Å². The molecule has 4 nitrogen and oxygen atoms in total. The molecule has 2 N–H and O–H groups in total. The molecule has 0 bridgehead atoms. The van der Waals surface area contributed by atoms with Crippen molar-refractivity contribution in [3.63, 3.8) is 0 Å². The lowest BCUT2D eigenvalue weighted by molar-refractivity contribution is 0.0691. The van der Waals surface area contributed by atoms with Crippen LogP contribution in [0.2, 0.25) is 0 Å². The number of aromatic amines is 1. The molecule has 0 saturated heterocycles. The van der Waals surface area contributed by atoms with Crippen molar-refractivity contribution in [2.45, 2.75) is 0 Å². The minimum Gasteiger partial charge on any atom is -0.477 e. The Morgan fingerprint density at radius 3 is 2.75 bits per heavy atom. The van der Waals surface area contributed by atoms with E-state index in [4.69, 9.17) is 5.11 Å². The van der Waals surface area contributed by atoms with Crippen molar-refractivity contribution in [3.05, 3.63) is 40.4 Å². The molecule has 1 aromatic carbocycles. The number of halogens is 2. The molecule has 1 aromatic heterocycles. The molecule has 0 radical (unpaired) electrons. The summed E-state index contributed by atoms with van der Waals surface area (Å²) in [5.74, 6) is -1.20. The predicted molar refractivity (Wildman–Crippen MR) is 58.6 cm³/mol. The number of carbonyl (C=O) groups is 1. The first-order valence-corrected chi connectivity index (χ1v) is 5.10. The van der Waals surface area contributed by atoms with Gasteiger partial charge in [0.1, 0.15) is 17.3 Å². The highest BCUT2D eigenvalue weighted by atomic mass is 79.9. The number of benzene rings is 1. The van der Waals surface area contributed by atoms with Gasteiger partial charge in [0.05, 0.1) is 6.20 Å². The summed E-state index contributed by atoms with van der Waals surface area (Å²) in [7, 11) is 0. The molecular weight excluding hydrogens is 279 g/mol. The van der Waals surface area contributed by atoms with E-state index in [-0.39, 0.29) is 5.69 Å². The monoisotopic (exact) mass is 284 g/mol. The summed E-state index contributed by atoms with van der Waals surface area (Å²) in [5.41, 5.74) is 0.453. The Morgan fingerprint density at radius 2 is 2.19 bits per heavy atom. The van der Waals surface area contributed by atoms with Crippen molar-refractivity contribution in [3.8, 4) is 11.4 Å². The van der Waals surface area contributed by atoms with E-state index in [0.29, 0.717) is 15.9 Å². The number of nitrogens with zero attached hydrogens (tertiary/aromatic N) is 1. The van der Waals surface area contributed by atoms with Crippen LogP contribution in [0.15, 0.2) is 28.9 Å². The quantitative estimate of drug-likeness (QED) is 0.891. The molecule has 0 spiro atoms. The second-order valence-corrected chi connectivity index (χ2v) is 4.02. The predicted octanol–water partition coefficient (Wildman–Crippen LogP) is 2.68. The number of carboxylic acid groups (broad SMARTS) is 1. The topological polar surface area (TPSA) is 66.0 Å². The van der Waals surface area contributed by atoms with Crippen LogP contribution in [0.3, 0.4) is 0 Å². The fourth-order valence-corrected chi connectivity index (χ4v) is 1.73. The summed E-state index contributed by atoms with van der Waals surface area (Å²) in [6, 6.07) is 4.23. The molecule has 0 unspecified atom stereocenters. The molecule has 0 saturated carbocycles. The third-order valence-corrected chi connectivity index (χ3v) is 2.40. The van der Waals surface area contributed by atoms with E-state index in [1.807, 2.05) is 0 Å². The van der Waals surface area contributed by atoms with Crippen LogP contribution < -0.4 is 0 Å². The zero-order valence-corrected chi connectivity index (χ0v) is 9.45. The molecule has 82 valence electrons. The third kappa shape index (κ3) is 2.11. The Balaban J connectivity index is 2.46. The molecule has 0 amide bonds. The molecule has 0 fully saturated rings. The Hall–Kier alpha value is -1.69. The van der Waals surface area contributed by atoms with Gasteiger partial charge in [-0.2, -0.15) is 0 Å². The van der Waals surface area contributed by atoms with Crippen LogP contribution >= 0.6 is 15.9 Å². The fraction of sp³-hybridized carbons (Fsp3) is 0. The maximum absolute atomic E-state index is 13.1. The van der Waals surface area contributed by atoms with Gasteiger partial charge in [-0.3, -0.25) is 0 Å². The van der Waals surface area contributed by atoms with Crippen LogP contribution in [0.25, 0.3) is 11.4 Å². The second kappa shape index (κ2) is 4.05. The van der Waals surface area contributed by atoms with Crippen molar-refractivity contribution in [1.29, 1.82) is 0 Å². The second-order valence-electron chi connectivity index (χ2n) is 3.11. The lowest BCUT2D eigenvalue weighted by Crippen LogP contribution is -1.95. The summed E-state index contributed by atoms with van der Waals surface area (Å²) in [4.78, 5) is 17.1. The van der Waals surface area contributed by atoms with Gasteiger partial charge >= 0.3 is 5.97 Å². The minimum absolute atomic E-state index is 0.0321. The fourth-order valence-electron chi connectivity index (χ4n) is 1.27. The number of nitrogens with one attached hydrogen (secondary N) is 1. The number of rotatable bonds is 2. The van der Waals surface area contributed by atoms with Gasteiger partial charge in [0, 0.05) is 10.0 Å². The van der Waals surface area contributed by atoms with Crippen LogP contribution in [-0.4, -0.2) is 21.0 Å². The summed E-state index contributed by atoms with van der Waals surface area (Å²) < 4.78 is 13.7. The Kier molecular flexibility index (Phi) is 2.74. The normalized spacial score (nSPS) is 10.4. The van der Waals surface area contributed by atoms with E-state index in [2.05, 4.69) is 25.9 Å². The zero-order valence-electron chi connectivity index (χ0n) is 7.87. The van der Waals surface area contributed by atoms with Crippen LogP contribution in [0.5, 0.6) is 0 Å². The lowest BCUT2D eigenvalue weighted by atomic mass is 10.2. The SMILES string of the molecule is O=C(O)c1cnc(-c2cc(F)cc(Br)c2)[nH]1. The van der Waals surface area contributed by atoms with Crippen molar-refractivity contribution < 1.29 is 14.3 Å². The van der Waals surface area contributed by atoms with E-state index < -0.39 is 11.8 Å². The summed E-state index contributed by atoms with van der Waals surface area (Å²) >= 11 is 3.15. The molecule has 2 rings (SSSR count). The number of aromatic carboxylic acids is 1. The van der Waals surface area contributed by atoms with Gasteiger partial charge in [-0.25, -0.2) is 14.2 Å². The number of imidazole rings is 1. The number of carboxylic acids is 1. The van der Waals surface area contributed by atoms with E-state index in [1.54, 1.807) is 6.07 Å². The summed E-state index contributed by atoms with van der Waals surface area (Å²) in [6.45, 7) is 0. The molecule has 0 aliphatic carbocycles. The van der Waals surface area contributed by atoms with Crippen LogP contribution in [0.1, 0.15) is 10.5 Å². The van der Waals surface area contributed by atoms with Crippen molar-refractivity contribution in [2.24, 2.45) is 0 Å². The highest BCUT2D eigenvalue weighted by Crippen LogP contribution is 2.22. The number of hydrogen-bond acceptors (Lipinski definition) is 2. The Bertz CT molecular complexity index is 533. The lowest BCUT2D eigenvalue weighted by Gasteiger charge is -1.98. The molecule has 2 aromatic rings. The van der Waals surface area contributed by atoms with E-state index in [9.17, 15) is 9.18 Å². The third-order valence-electron chi connectivity index (χ3n) is 1.94. The molecule has 0 atom stereocenters. The molecule has 16 heavy (non-hydrogen) atoms. The minimum atomic E-state index is -1.10. The average Bonchev–Trinajstić information content (AvgIpc) is 2.64. The smallest absolute Gasteiger partial charge is 0.353 e. The molecule has 0 aliphatic heterocycles. The van der Waals surface area contributed by atoms with Gasteiger partial charge in [0.2, 0.25) is 0 Å². The van der Waals surface area contributed by atoms with Gasteiger partial charge in [-0.05, 0) is 18.2 Å². The van der Waals surface area contributed by atoms with Gasteiger partial charge in [0.25, 0.3) is 0 Å². The van der Waals surface area contributed by atoms with Crippen molar-refractivity contribution in [1.82, 2.24) is 9.97 Å². The van der Waals surface area contributed by atoms with Gasteiger partial charge < -0.3 is 10.1 Å². The van der Waals surface area contributed by atoms with E-state index >= 15 is 0 Å². The number of hydrogen-bond donors (Lipinski definition) is 2. The van der Waals surface area contributed by atoms with Crippen LogP contribution in [0, 0.1) is 5.82 Å².